The van der Waals surface area contributed by atoms with Gasteiger partial charge in [-0.2, -0.15) is 0 Å². The number of nitrogens with zero attached hydrogens (tertiary/aromatic N) is 1. The van der Waals surface area contributed by atoms with Crippen LogP contribution >= 0.6 is 0 Å². The van der Waals surface area contributed by atoms with Crippen molar-refractivity contribution < 1.29 is 9.84 Å². The van der Waals surface area contributed by atoms with Gasteiger partial charge < -0.3 is 15.6 Å². The molecule has 0 aliphatic heterocycles. The van der Waals surface area contributed by atoms with E-state index in [0.29, 0.717) is 17.8 Å². The lowest BCUT2D eigenvalue weighted by atomic mass is 10.0. The van der Waals surface area contributed by atoms with Crippen LogP contribution in [-0.4, -0.2) is 23.3 Å². The Balaban J connectivity index is 2.80. The summed E-state index contributed by atoms with van der Waals surface area (Å²) in [7, 11) is 1.62. The van der Waals surface area contributed by atoms with Gasteiger partial charge in [0, 0.05) is 25.3 Å². The molecule has 0 aromatic carbocycles. The van der Waals surface area contributed by atoms with Crippen molar-refractivity contribution in [3.8, 4) is 0 Å². The smallest absolute Gasteiger partial charge is 0.129 e. The molecule has 0 saturated heterocycles. The van der Waals surface area contributed by atoms with Crippen molar-refractivity contribution in [3.05, 3.63) is 23.4 Å². The van der Waals surface area contributed by atoms with E-state index in [0.717, 1.165) is 5.56 Å². The summed E-state index contributed by atoms with van der Waals surface area (Å²) in [6, 6.07) is 1.86. The highest BCUT2D eigenvalue weighted by Gasteiger charge is 2.15. The summed E-state index contributed by atoms with van der Waals surface area (Å²) in [6.45, 7) is 3.82. The van der Waals surface area contributed by atoms with E-state index in [2.05, 4.69) is 4.98 Å². The van der Waals surface area contributed by atoms with Crippen molar-refractivity contribution in [2.45, 2.75) is 32.5 Å². The molecular formula is C11H18N2O2. The third-order valence-electron chi connectivity index (χ3n) is 2.40. The minimum Gasteiger partial charge on any atom is -0.388 e. The Morgan fingerprint density at radius 2 is 2.27 bits per heavy atom. The lowest BCUT2D eigenvalue weighted by molar-refractivity contribution is 0.0561. The molecule has 0 amide bonds. The summed E-state index contributed by atoms with van der Waals surface area (Å²) in [5, 5.41) is 9.93. The molecule has 0 saturated carbocycles. The highest BCUT2D eigenvalue weighted by atomic mass is 16.5. The second-order valence-electron chi connectivity index (χ2n) is 3.78. The van der Waals surface area contributed by atoms with Crippen molar-refractivity contribution in [1.29, 1.82) is 0 Å². The fraction of sp³-hybridized carbons (Fsp3) is 0.545. The van der Waals surface area contributed by atoms with E-state index in [1.165, 1.54) is 0 Å². The van der Waals surface area contributed by atoms with Gasteiger partial charge in [0.25, 0.3) is 0 Å². The lowest BCUT2D eigenvalue weighted by Crippen LogP contribution is -2.13. The van der Waals surface area contributed by atoms with Gasteiger partial charge in [-0.15, -0.1) is 0 Å². The van der Waals surface area contributed by atoms with Crippen LogP contribution in [0.2, 0.25) is 0 Å². The highest BCUT2D eigenvalue weighted by molar-refractivity contribution is 5.42. The summed E-state index contributed by atoms with van der Waals surface area (Å²) >= 11 is 0. The number of nitrogens with two attached hydrogens (primary N) is 1. The first-order valence-corrected chi connectivity index (χ1v) is 4.97. The number of ether oxygens (including phenoxy) is 1. The summed E-state index contributed by atoms with van der Waals surface area (Å²) in [6.07, 6.45) is 1.59. The van der Waals surface area contributed by atoms with Crippen LogP contribution in [0.5, 0.6) is 0 Å². The van der Waals surface area contributed by atoms with Gasteiger partial charge in [-0.3, -0.25) is 0 Å². The minimum atomic E-state index is -0.618. The first-order valence-electron chi connectivity index (χ1n) is 4.97. The molecule has 1 aromatic rings. The Morgan fingerprint density at radius 3 is 2.87 bits per heavy atom. The molecule has 0 fully saturated rings. The molecular weight excluding hydrogens is 192 g/mol. The second kappa shape index (κ2) is 5.09. The predicted molar refractivity (Wildman–Crippen MR) is 59.4 cm³/mol. The van der Waals surface area contributed by atoms with Gasteiger partial charge in [0.15, 0.2) is 0 Å². The van der Waals surface area contributed by atoms with Crippen LogP contribution < -0.4 is 5.73 Å². The molecule has 4 heteroatoms. The van der Waals surface area contributed by atoms with Crippen LogP contribution in [0.3, 0.4) is 0 Å². The van der Waals surface area contributed by atoms with Crippen molar-refractivity contribution in [3.63, 3.8) is 0 Å². The van der Waals surface area contributed by atoms with E-state index in [1.54, 1.807) is 13.3 Å². The van der Waals surface area contributed by atoms with Gasteiger partial charge in [0.1, 0.15) is 5.82 Å². The third-order valence-corrected chi connectivity index (χ3v) is 2.40. The molecule has 15 heavy (non-hydrogen) atoms. The molecule has 0 bridgehead atoms. The molecule has 2 atom stereocenters. The Kier molecular flexibility index (Phi) is 4.05. The summed E-state index contributed by atoms with van der Waals surface area (Å²) in [4.78, 5) is 4.01. The van der Waals surface area contributed by atoms with Crippen molar-refractivity contribution in [1.82, 2.24) is 4.98 Å². The fourth-order valence-electron chi connectivity index (χ4n) is 1.41. The number of anilines is 1. The Labute approximate surface area is 90.1 Å². The van der Waals surface area contributed by atoms with Gasteiger partial charge in [0.05, 0.1) is 12.2 Å². The number of aromatic nitrogens is 1. The number of nitrogen functional groups attached to an aromatic ring is 1. The van der Waals surface area contributed by atoms with Gasteiger partial charge >= 0.3 is 0 Å². The number of hydrogen-bond donors (Lipinski definition) is 2. The molecule has 1 rings (SSSR count). The van der Waals surface area contributed by atoms with Gasteiger partial charge in [0.2, 0.25) is 0 Å². The molecule has 84 valence electrons. The number of aryl methyl sites for hydroxylation is 1. The SMILES string of the molecule is COC(C)CC(O)c1cc(C)cnc1N. The van der Waals surface area contributed by atoms with Crippen LogP contribution in [-0.2, 0) is 4.74 Å². The monoisotopic (exact) mass is 210 g/mol. The number of pyridine rings is 1. The summed E-state index contributed by atoms with van der Waals surface area (Å²) < 4.78 is 5.09. The van der Waals surface area contributed by atoms with Crippen LogP contribution in [0.25, 0.3) is 0 Å². The Morgan fingerprint density at radius 1 is 1.60 bits per heavy atom. The lowest BCUT2D eigenvalue weighted by Gasteiger charge is -2.16. The molecule has 4 nitrogen and oxygen atoms in total. The maximum absolute atomic E-state index is 9.93. The average molecular weight is 210 g/mol. The second-order valence-corrected chi connectivity index (χ2v) is 3.78. The summed E-state index contributed by atoms with van der Waals surface area (Å²) in [5.41, 5.74) is 7.36. The quantitative estimate of drug-likeness (QED) is 0.788. The zero-order chi connectivity index (χ0) is 11.4. The molecule has 2 unspecified atom stereocenters. The average Bonchev–Trinajstić information content (AvgIpc) is 2.21. The van der Waals surface area contributed by atoms with Crippen molar-refractivity contribution >= 4 is 5.82 Å². The summed E-state index contributed by atoms with van der Waals surface area (Å²) in [5.74, 6) is 0.386. The number of rotatable bonds is 4. The van der Waals surface area contributed by atoms with Crippen LogP contribution in [0.15, 0.2) is 12.3 Å². The molecule has 0 spiro atoms. The molecule has 3 N–H and O–H groups in total. The number of hydrogen-bond acceptors (Lipinski definition) is 4. The first-order chi connectivity index (χ1) is 7.04. The van der Waals surface area contributed by atoms with E-state index in [-0.39, 0.29) is 6.10 Å². The zero-order valence-electron chi connectivity index (χ0n) is 9.40. The highest BCUT2D eigenvalue weighted by Crippen LogP contribution is 2.24. The molecule has 1 aromatic heterocycles. The molecule has 0 radical (unpaired) electrons. The molecule has 0 aliphatic carbocycles. The van der Waals surface area contributed by atoms with E-state index >= 15 is 0 Å². The van der Waals surface area contributed by atoms with Gasteiger partial charge in [-0.05, 0) is 25.5 Å². The zero-order valence-corrected chi connectivity index (χ0v) is 9.40. The normalized spacial score (nSPS) is 14.9. The number of aliphatic hydroxyl groups excluding tert-OH is 1. The van der Waals surface area contributed by atoms with Crippen LogP contribution in [0.1, 0.15) is 30.6 Å². The molecule has 0 aliphatic rings. The van der Waals surface area contributed by atoms with E-state index in [9.17, 15) is 5.11 Å². The molecule has 1 heterocycles. The van der Waals surface area contributed by atoms with Crippen molar-refractivity contribution in [2.24, 2.45) is 0 Å². The fourth-order valence-corrected chi connectivity index (χ4v) is 1.41. The maximum Gasteiger partial charge on any atom is 0.129 e. The Hall–Kier alpha value is -1.13. The van der Waals surface area contributed by atoms with E-state index in [1.807, 2.05) is 19.9 Å². The largest absolute Gasteiger partial charge is 0.388 e. The number of methoxy groups -OCH3 is 1. The van der Waals surface area contributed by atoms with Gasteiger partial charge in [-0.1, -0.05) is 0 Å². The van der Waals surface area contributed by atoms with E-state index < -0.39 is 6.10 Å². The topological polar surface area (TPSA) is 68.4 Å². The minimum absolute atomic E-state index is 0.0000813. The Bertz CT molecular complexity index is 328. The van der Waals surface area contributed by atoms with Gasteiger partial charge in [-0.25, -0.2) is 4.98 Å². The maximum atomic E-state index is 9.93. The third kappa shape index (κ3) is 3.18. The van der Waals surface area contributed by atoms with Crippen molar-refractivity contribution in [2.75, 3.05) is 12.8 Å². The van der Waals surface area contributed by atoms with E-state index in [4.69, 9.17) is 10.5 Å². The van der Waals surface area contributed by atoms with Crippen LogP contribution in [0, 0.1) is 6.92 Å². The standard InChI is InChI=1S/C11H18N2O2/c1-7-4-9(11(12)13-6-7)10(14)5-8(2)15-3/h4,6,8,10,14H,5H2,1-3H3,(H2,12,13). The van der Waals surface area contributed by atoms with Crippen LogP contribution in [0.4, 0.5) is 5.82 Å². The first kappa shape index (κ1) is 11.9. The predicted octanol–water partition coefficient (Wildman–Crippen LogP) is 1.43. The number of aliphatic hydroxyl groups is 1.